The molecule has 1 aromatic carbocycles. The van der Waals surface area contributed by atoms with Crippen LogP contribution in [0.3, 0.4) is 0 Å². The van der Waals surface area contributed by atoms with Crippen LogP contribution in [0, 0.1) is 10.1 Å². The fourth-order valence-corrected chi connectivity index (χ4v) is 0.832. The Morgan fingerprint density at radius 1 is 1.46 bits per heavy atom. The summed E-state index contributed by atoms with van der Waals surface area (Å²) in [5.74, 6) is 0.231. The number of ether oxygens (including phenoxy) is 1. The van der Waals surface area contributed by atoms with Gasteiger partial charge in [0.25, 0.3) is 0 Å². The average Bonchev–Trinajstić information content (AvgIpc) is 2.15. The van der Waals surface area contributed by atoms with Crippen LogP contribution in [0.2, 0.25) is 0 Å². The first-order chi connectivity index (χ1) is 6.24. The van der Waals surface area contributed by atoms with Gasteiger partial charge in [-0.25, -0.2) is 0 Å². The lowest BCUT2D eigenvalue weighted by atomic mass is 10.2. The number of hydrogen-bond donors (Lipinski definition) is 0. The van der Waals surface area contributed by atoms with Crippen molar-refractivity contribution in [3.8, 4) is 5.75 Å². The average molecular weight is 181 g/mol. The summed E-state index contributed by atoms with van der Waals surface area (Å²) in [5, 5.41) is 9.96. The van der Waals surface area contributed by atoms with Crippen LogP contribution in [0.15, 0.2) is 24.3 Å². The molecule has 0 amide bonds. The molecule has 0 spiro atoms. The summed E-state index contributed by atoms with van der Waals surface area (Å²) in [6.45, 7) is -0.634. The molecule has 0 atom stereocenters. The summed E-state index contributed by atoms with van der Waals surface area (Å²) in [7, 11) is 0. The SMILES string of the molecule is O=Cc1ccccc1OC[N+](=O)[O-]. The zero-order chi connectivity index (χ0) is 9.68. The van der Waals surface area contributed by atoms with E-state index in [4.69, 9.17) is 4.74 Å². The van der Waals surface area contributed by atoms with Crippen molar-refractivity contribution in [1.82, 2.24) is 0 Å². The molecular weight excluding hydrogens is 174 g/mol. The second kappa shape index (κ2) is 4.20. The number of carbonyl (C=O) groups excluding carboxylic acids is 1. The van der Waals surface area contributed by atoms with Crippen molar-refractivity contribution in [2.75, 3.05) is 6.73 Å². The van der Waals surface area contributed by atoms with Crippen LogP contribution in [-0.4, -0.2) is 17.9 Å². The lowest BCUT2D eigenvalue weighted by Crippen LogP contribution is -2.09. The van der Waals surface area contributed by atoms with Gasteiger partial charge in [0.1, 0.15) is 5.75 Å². The molecule has 0 aliphatic rings. The number of para-hydroxylation sites is 1. The molecular formula is C8H7NO4. The van der Waals surface area contributed by atoms with Gasteiger partial charge in [0.2, 0.25) is 0 Å². The molecule has 68 valence electrons. The van der Waals surface area contributed by atoms with E-state index in [0.29, 0.717) is 11.8 Å². The molecule has 5 nitrogen and oxygen atoms in total. The van der Waals surface area contributed by atoms with Gasteiger partial charge in [-0.2, -0.15) is 0 Å². The van der Waals surface area contributed by atoms with Crippen LogP contribution in [0.1, 0.15) is 10.4 Å². The zero-order valence-corrected chi connectivity index (χ0v) is 6.67. The number of rotatable bonds is 4. The topological polar surface area (TPSA) is 69.4 Å². The van der Waals surface area contributed by atoms with Crippen molar-refractivity contribution >= 4 is 6.29 Å². The molecule has 0 heterocycles. The Morgan fingerprint density at radius 2 is 2.15 bits per heavy atom. The Bertz CT molecular complexity index is 324. The zero-order valence-electron chi connectivity index (χ0n) is 6.67. The van der Waals surface area contributed by atoms with Gasteiger partial charge in [0, 0.05) is 0 Å². The standard InChI is InChI=1S/C8H7NO4/c10-5-7-3-1-2-4-8(7)13-6-9(11)12/h1-5H,6H2. The molecule has 0 radical (unpaired) electrons. The minimum atomic E-state index is -0.634. The quantitative estimate of drug-likeness (QED) is 0.302. The van der Waals surface area contributed by atoms with E-state index < -0.39 is 11.7 Å². The van der Waals surface area contributed by atoms with Gasteiger partial charge in [-0.1, -0.05) is 12.1 Å². The van der Waals surface area contributed by atoms with Gasteiger partial charge in [-0.05, 0) is 12.1 Å². The first-order valence-electron chi connectivity index (χ1n) is 3.53. The summed E-state index contributed by atoms with van der Waals surface area (Å²) in [4.78, 5) is 19.8. The van der Waals surface area contributed by atoms with Gasteiger partial charge in [0.15, 0.2) is 6.29 Å². The molecule has 5 heteroatoms. The molecule has 0 N–H and O–H groups in total. The molecule has 0 aliphatic carbocycles. The number of hydrogen-bond acceptors (Lipinski definition) is 4. The first-order valence-corrected chi connectivity index (χ1v) is 3.53. The third-order valence-electron chi connectivity index (χ3n) is 1.37. The third-order valence-corrected chi connectivity index (χ3v) is 1.37. The van der Waals surface area contributed by atoms with Crippen molar-refractivity contribution < 1.29 is 14.5 Å². The third kappa shape index (κ3) is 2.55. The molecule has 0 saturated heterocycles. The number of carbonyl (C=O) groups is 1. The molecule has 0 aliphatic heterocycles. The van der Waals surface area contributed by atoms with Gasteiger partial charge >= 0.3 is 6.73 Å². The number of benzene rings is 1. The molecule has 13 heavy (non-hydrogen) atoms. The predicted octanol–water partition coefficient (Wildman–Crippen LogP) is 1.11. The van der Waals surface area contributed by atoms with Crippen molar-refractivity contribution in [2.45, 2.75) is 0 Å². The maximum atomic E-state index is 10.4. The van der Waals surface area contributed by atoms with E-state index in [1.807, 2.05) is 0 Å². The van der Waals surface area contributed by atoms with Crippen LogP contribution in [0.25, 0.3) is 0 Å². The van der Waals surface area contributed by atoms with E-state index in [1.54, 1.807) is 12.1 Å². The van der Waals surface area contributed by atoms with Crippen LogP contribution in [0.4, 0.5) is 0 Å². The van der Waals surface area contributed by atoms with Crippen molar-refractivity contribution in [3.05, 3.63) is 39.9 Å². The highest BCUT2D eigenvalue weighted by Gasteiger charge is 2.03. The lowest BCUT2D eigenvalue weighted by Gasteiger charge is -2.02. The first kappa shape index (κ1) is 9.18. The van der Waals surface area contributed by atoms with Crippen LogP contribution >= 0.6 is 0 Å². The van der Waals surface area contributed by atoms with Crippen molar-refractivity contribution in [2.24, 2.45) is 0 Å². The summed E-state index contributed by atoms with van der Waals surface area (Å²) >= 11 is 0. The van der Waals surface area contributed by atoms with E-state index in [1.165, 1.54) is 12.1 Å². The summed E-state index contributed by atoms with van der Waals surface area (Å²) in [6.07, 6.45) is 0.593. The second-order valence-corrected chi connectivity index (χ2v) is 2.26. The molecule has 0 bridgehead atoms. The molecule has 0 aromatic heterocycles. The van der Waals surface area contributed by atoms with E-state index in [9.17, 15) is 14.9 Å². The highest BCUT2D eigenvalue weighted by molar-refractivity contribution is 5.79. The minimum Gasteiger partial charge on any atom is -0.431 e. The molecule has 1 rings (SSSR count). The van der Waals surface area contributed by atoms with Crippen molar-refractivity contribution in [3.63, 3.8) is 0 Å². The van der Waals surface area contributed by atoms with Gasteiger partial charge in [-0.15, -0.1) is 0 Å². The maximum Gasteiger partial charge on any atom is 0.344 e. The van der Waals surface area contributed by atoms with E-state index in [2.05, 4.69) is 0 Å². The van der Waals surface area contributed by atoms with E-state index >= 15 is 0 Å². The number of nitrogens with zero attached hydrogens (tertiary/aromatic N) is 1. The normalized spacial score (nSPS) is 9.23. The second-order valence-electron chi connectivity index (χ2n) is 2.26. The smallest absolute Gasteiger partial charge is 0.344 e. The van der Waals surface area contributed by atoms with Gasteiger partial charge < -0.3 is 4.74 Å². The molecule has 0 saturated carbocycles. The monoisotopic (exact) mass is 181 g/mol. The molecule has 0 fully saturated rings. The van der Waals surface area contributed by atoms with Gasteiger partial charge in [-0.3, -0.25) is 14.9 Å². The molecule has 1 aromatic rings. The summed E-state index contributed by atoms with van der Waals surface area (Å²) in [5.41, 5.74) is 0.310. The summed E-state index contributed by atoms with van der Waals surface area (Å²) in [6, 6.07) is 6.33. The fourth-order valence-electron chi connectivity index (χ4n) is 0.832. The number of aldehydes is 1. The van der Waals surface area contributed by atoms with Crippen molar-refractivity contribution in [1.29, 1.82) is 0 Å². The highest BCUT2D eigenvalue weighted by atomic mass is 16.7. The minimum absolute atomic E-state index is 0.231. The predicted molar refractivity (Wildman–Crippen MR) is 44.3 cm³/mol. The number of nitro groups is 1. The van der Waals surface area contributed by atoms with E-state index in [0.717, 1.165) is 0 Å². The Labute approximate surface area is 74.1 Å². The largest absolute Gasteiger partial charge is 0.431 e. The Kier molecular flexibility index (Phi) is 2.97. The Balaban J connectivity index is 2.75. The van der Waals surface area contributed by atoms with E-state index in [-0.39, 0.29) is 5.75 Å². The highest BCUT2D eigenvalue weighted by Crippen LogP contribution is 2.14. The van der Waals surface area contributed by atoms with Gasteiger partial charge in [0.05, 0.1) is 10.5 Å². The lowest BCUT2D eigenvalue weighted by molar-refractivity contribution is -0.514. The Morgan fingerprint density at radius 3 is 2.77 bits per heavy atom. The van der Waals surface area contributed by atoms with Crippen LogP contribution in [0.5, 0.6) is 5.75 Å². The Hall–Kier alpha value is -1.91. The molecule has 0 unspecified atom stereocenters. The summed E-state index contributed by atoms with van der Waals surface area (Å²) < 4.78 is 4.76. The maximum absolute atomic E-state index is 10.4. The fraction of sp³-hybridized carbons (Fsp3) is 0.125. The van der Waals surface area contributed by atoms with Crippen LogP contribution < -0.4 is 4.74 Å². The van der Waals surface area contributed by atoms with Crippen LogP contribution in [-0.2, 0) is 0 Å².